The predicted octanol–water partition coefficient (Wildman–Crippen LogP) is 0.575. The second-order valence-corrected chi connectivity index (χ2v) is 5.78. The quantitative estimate of drug-likeness (QED) is 0.670. The minimum Gasteiger partial charge on any atom is -0.375 e. The highest BCUT2D eigenvalue weighted by molar-refractivity contribution is 5.81. The highest BCUT2D eigenvalue weighted by Crippen LogP contribution is 2.33. The van der Waals surface area contributed by atoms with Crippen molar-refractivity contribution < 1.29 is 9.53 Å². The molecule has 0 aromatic carbocycles. The third-order valence-electron chi connectivity index (χ3n) is 4.29. The van der Waals surface area contributed by atoms with E-state index in [0.29, 0.717) is 17.7 Å². The van der Waals surface area contributed by atoms with E-state index < -0.39 is 0 Å². The van der Waals surface area contributed by atoms with Crippen LogP contribution in [0.4, 0.5) is 0 Å². The molecule has 4 nitrogen and oxygen atoms in total. The van der Waals surface area contributed by atoms with Gasteiger partial charge < -0.3 is 14.5 Å². The van der Waals surface area contributed by atoms with E-state index in [1.807, 2.05) is 4.90 Å². The number of hydrogen-bond acceptors (Lipinski definition) is 3. The summed E-state index contributed by atoms with van der Waals surface area (Å²) in [6.07, 6.45) is 3.59. The van der Waals surface area contributed by atoms with Gasteiger partial charge in [0.25, 0.3) is 0 Å². The van der Waals surface area contributed by atoms with E-state index in [1.165, 1.54) is 0 Å². The Bertz CT molecular complexity index is 304. The standard InChI is InChI=1S/C13H22N2O2/c1-14-6-7-17-12-9-15(5-4-11(12)8-14)13(16)10-2-3-10/h10-12H,2-9H2,1H3/t11-,12-/m1/s1. The molecule has 2 heterocycles. The number of amides is 1. The molecule has 0 spiro atoms. The van der Waals surface area contributed by atoms with Crippen LogP contribution in [-0.2, 0) is 9.53 Å². The lowest BCUT2D eigenvalue weighted by molar-refractivity contribution is -0.138. The highest BCUT2D eigenvalue weighted by atomic mass is 16.5. The summed E-state index contributed by atoms with van der Waals surface area (Å²) >= 11 is 0. The van der Waals surface area contributed by atoms with Crippen LogP contribution in [0, 0.1) is 11.8 Å². The van der Waals surface area contributed by atoms with E-state index in [1.54, 1.807) is 0 Å². The van der Waals surface area contributed by atoms with Gasteiger partial charge in [0.05, 0.1) is 12.7 Å². The van der Waals surface area contributed by atoms with Crippen molar-refractivity contribution in [3.63, 3.8) is 0 Å². The van der Waals surface area contributed by atoms with Gasteiger partial charge in [-0.05, 0) is 26.3 Å². The van der Waals surface area contributed by atoms with E-state index in [0.717, 1.165) is 52.0 Å². The van der Waals surface area contributed by atoms with Crippen molar-refractivity contribution in [1.82, 2.24) is 9.80 Å². The average molecular weight is 238 g/mol. The molecule has 2 aliphatic heterocycles. The fourth-order valence-electron chi connectivity index (χ4n) is 3.00. The summed E-state index contributed by atoms with van der Waals surface area (Å²) in [5.41, 5.74) is 0. The zero-order valence-corrected chi connectivity index (χ0v) is 10.6. The predicted molar refractivity (Wildman–Crippen MR) is 64.6 cm³/mol. The van der Waals surface area contributed by atoms with Gasteiger partial charge in [-0.2, -0.15) is 0 Å². The lowest BCUT2D eigenvalue weighted by atomic mass is 9.93. The third-order valence-corrected chi connectivity index (χ3v) is 4.29. The molecular weight excluding hydrogens is 216 g/mol. The molecule has 3 aliphatic rings. The fraction of sp³-hybridized carbons (Fsp3) is 0.923. The number of carbonyl (C=O) groups excluding carboxylic acids is 1. The maximum Gasteiger partial charge on any atom is 0.225 e. The number of ether oxygens (including phenoxy) is 1. The largest absolute Gasteiger partial charge is 0.375 e. The Labute approximate surface area is 103 Å². The van der Waals surface area contributed by atoms with Crippen LogP contribution in [0.25, 0.3) is 0 Å². The van der Waals surface area contributed by atoms with Gasteiger partial charge in [0.15, 0.2) is 0 Å². The van der Waals surface area contributed by atoms with Crippen molar-refractivity contribution in [2.45, 2.75) is 25.4 Å². The number of piperidine rings is 1. The van der Waals surface area contributed by atoms with E-state index in [9.17, 15) is 4.79 Å². The average Bonchev–Trinajstić information content (AvgIpc) is 3.14. The molecule has 0 radical (unpaired) electrons. The van der Waals surface area contributed by atoms with E-state index >= 15 is 0 Å². The summed E-state index contributed by atoms with van der Waals surface area (Å²) in [4.78, 5) is 16.4. The van der Waals surface area contributed by atoms with Gasteiger partial charge in [-0.25, -0.2) is 0 Å². The molecule has 3 rings (SSSR count). The maximum absolute atomic E-state index is 12.0. The zero-order chi connectivity index (χ0) is 11.8. The van der Waals surface area contributed by atoms with Crippen molar-refractivity contribution in [1.29, 1.82) is 0 Å². The van der Waals surface area contributed by atoms with Crippen LogP contribution >= 0.6 is 0 Å². The number of likely N-dealkylation sites (N-methyl/N-ethyl adjacent to an activating group) is 1. The van der Waals surface area contributed by atoms with Gasteiger partial charge in [-0.1, -0.05) is 0 Å². The van der Waals surface area contributed by atoms with Gasteiger partial charge in [0.2, 0.25) is 5.91 Å². The Hall–Kier alpha value is -0.610. The van der Waals surface area contributed by atoms with Crippen LogP contribution in [0.15, 0.2) is 0 Å². The smallest absolute Gasteiger partial charge is 0.225 e. The number of hydrogen-bond donors (Lipinski definition) is 0. The summed E-state index contributed by atoms with van der Waals surface area (Å²) in [7, 11) is 2.16. The van der Waals surface area contributed by atoms with Crippen LogP contribution in [0.3, 0.4) is 0 Å². The molecule has 2 atom stereocenters. The minimum absolute atomic E-state index is 0.274. The van der Waals surface area contributed by atoms with Crippen molar-refractivity contribution >= 4 is 5.91 Å². The van der Waals surface area contributed by atoms with Gasteiger partial charge in [-0.15, -0.1) is 0 Å². The van der Waals surface area contributed by atoms with Crippen LogP contribution in [0.1, 0.15) is 19.3 Å². The Kier molecular flexibility index (Phi) is 3.09. The summed E-state index contributed by atoms with van der Waals surface area (Å²) in [5.74, 6) is 1.34. The minimum atomic E-state index is 0.274. The molecule has 0 aromatic rings. The number of likely N-dealkylation sites (tertiary alicyclic amines) is 1. The Morgan fingerprint density at radius 1 is 1.18 bits per heavy atom. The van der Waals surface area contributed by atoms with Crippen molar-refractivity contribution in [3.8, 4) is 0 Å². The molecule has 2 saturated heterocycles. The van der Waals surface area contributed by atoms with E-state index in [4.69, 9.17) is 4.74 Å². The Morgan fingerprint density at radius 2 is 2.00 bits per heavy atom. The normalized spacial score (nSPS) is 35.2. The van der Waals surface area contributed by atoms with Gasteiger partial charge in [0, 0.05) is 38.0 Å². The van der Waals surface area contributed by atoms with Crippen LogP contribution < -0.4 is 0 Å². The molecule has 0 unspecified atom stereocenters. The topological polar surface area (TPSA) is 32.8 Å². The molecular formula is C13H22N2O2. The van der Waals surface area contributed by atoms with Crippen molar-refractivity contribution in [2.75, 3.05) is 39.8 Å². The lowest BCUT2D eigenvalue weighted by Gasteiger charge is -2.37. The molecule has 1 aliphatic carbocycles. The number of carbonyl (C=O) groups is 1. The SMILES string of the molecule is CN1CCO[C@@H]2CN(C(=O)C3CC3)CC[C@@H]2C1. The molecule has 0 N–H and O–H groups in total. The molecule has 0 aromatic heterocycles. The molecule has 0 bridgehead atoms. The zero-order valence-electron chi connectivity index (χ0n) is 10.6. The second kappa shape index (κ2) is 4.58. The van der Waals surface area contributed by atoms with E-state index in [2.05, 4.69) is 11.9 Å². The summed E-state index contributed by atoms with van der Waals surface area (Å²) in [6.45, 7) is 4.71. The molecule has 1 saturated carbocycles. The number of nitrogens with zero attached hydrogens (tertiary/aromatic N) is 2. The monoisotopic (exact) mass is 238 g/mol. The first-order valence-electron chi connectivity index (χ1n) is 6.83. The number of rotatable bonds is 1. The van der Waals surface area contributed by atoms with E-state index in [-0.39, 0.29) is 6.10 Å². The van der Waals surface area contributed by atoms with Gasteiger partial charge >= 0.3 is 0 Å². The van der Waals surface area contributed by atoms with Gasteiger partial charge in [-0.3, -0.25) is 4.79 Å². The van der Waals surface area contributed by atoms with Crippen molar-refractivity contribution in [3.05, 3.63) is 0 Å². The van der Waals surface area contributed by atoms with Gasteiger partial charge in [0.1, 0.15) is 0 Å². The highest BCUT2D eigenvalue weighted by Gasteiger charge is 2.39. The molecule has 17 heavy (non-hydrogen) atoms. The first-order chi connectivity index (χ1) is 8.24. The summed E-state index contributed by atoms with van der Waals surface area (Å²) in [5, 5.41) is 0. The first-order valence-corrected chi connectivity index (χ1v) is 6.83. The van der Waals surface area contributed by atoms with Crippen LogP contribution in [0.2, 0.25) is 0 Å². The van der Waals surface area contributed by atoms with Crippen LogP contribution in [-0.4, -0.2) is 61.6 Å². The fourth-order valence-corrected chi connectivity index (χ4v) is 3.00. The van der Waals surface area contributed by atoms with Crippen LogP contribution in [0.5, 0.6) is 0 Å². The Balaban J connectivity index is 1.62. The molecule has 4 heteroatoms. The Morgan fingerprint density at radius 3 is 2.76 bits per heavy atom. The molecule has 3 fully saturated rings. The summed E-state index contributed by atoms with van der Waals surface area (Å²) < 4.78 is 5.92. The first kappa shape index (κ1) is 11.5. The molecule has 1 amide bonds. The van der Waals surface area contributed by atoms with Crippen molar-refractivity contribution in [2.24, 2.45) is 11.8 Å². The molecule has 96 valence electrons. The maximum atomic E-state index is 12.0. The third kappa shape index (κ3) is 2.47. The lowest BCUT2D eigenvalue weighted by Crippen LogP contribution is -2.49. The number of fused-ring (bicyclic) bond motifs is 1. The summed E-state index contributed by atoms with van der Waals surface area (Å²) in [6, 6.07) is 0. The second-order valence-electron chi connectivity index (χ2n) is 5.78.